The van der Waals surface area contributed by atoms with Crippen LogP contribution in [-0.4, -0.2) is 47.2 Å². The Kier molecular flexibility index (Phi) is 6.64. The predicted molar refractivity (Wildman–Crippen MR) is 117 cm³/mol. The van der Waals surface area contributed by atoms with Crippen LogP contribution in [0.3, 0.4) is 0 Å². The van der Waals surface area contributed by atoms with E-state index in [1.54, 1.807) is 42.3 Å². The highest BCUT2D eigenvalue weighted by atomic mass is 35.5. The number of hydrogen-bond donors (Lipinski definition) is 1. The molecule has 0 aliphatic carbocycles. The van der Waals surface area contributed by atoms with Crippen molar-refractivity contribution in [3.63, 3.8) is 0 Å². The minimum Gasteiger partial charge on any atom is -0.494 e. The average Bonchev–Trinajstić information content (AvgIpc) is 3.20. The lowest BCUT2D eigenvalue weighted by molar-refractivity contribution is -0.116. The number of aryl methyl sites for hydroxylation is 1. The van der Waals surface area contributed by atoms with Gasteiger partial charge in [-0.3, -0.25) is 9.59 Å². The van der Waals surface area contributed by atoms with Gasteiger partial charge in [0, 0.05) is 13.2 Å². The number of benzene rings is 2. The van der Waals surface area contributed by atoms with Gasteiger partial charge in [-0.05, 0) is 42.8 Å². The number of rotatable bonds is 6. The number of nitrogens with zero attached hydrogens (tertiary/aromatic N) is 3. The van der Waals surface area contributed by atoms with Crippen LogP contribution in [0.4, 0.5) is 5.69 Å². The number of hydrogen-bond acceptors (Lipinski definition) is 4. The Balaban J connectivity index is 1.71. The van der Waals surface area contributed by atoms with Crippen molar-refractivity contribution < 1.29 is 14.3 Å². The van der Waals surface area contributed by atoms with E-state index in [-0.39, 0.29) is 12.2 Å². The van der Waals surface area contributed by atoms with E-state index < -0.39 is 11.8 Å². The van der Waals surface area contributed by atoms with E-state index in [2.05, 4.69) is 10.4 Å². The molecular weight excluding hydrogens is 427 g/mol. The van der Waals surface area contributed by atoms with Crippen molar-refractivity contribution in [3.05, 3.63) is 70.0 Å². The van der Waals surface area contributed by atoms with Crippen molar-refractivity contribution in [2.75, 3.05) is 26.0 Å². The van der Waals surface area contributed by atoms with Gasteiger partial charge in [0.05, 0.1) is 29.4 Å². The van der Waals surface area contributed by atoms with E-state index in [1.165, 1.54) is 11.9 Å². The second kappa shape index (κ2) is 9.19. The fourth-order valence-corrected chi connectivity index (χ4v) is 3.32. The zero-order valence-electron chi connectivity index (χ0n) is 16.6. The van der Waals surface area contributed by atoms with E-state index in [1.807, 2.05) is 25.1 Å². The number of methoxy groups -OCH3 is 1. The van der Waals surface area contributed by atoms with Gasteiger partial charge in [-0.15, -0.1) is 0 Å². The van der Waals surface area contributed by atoms with Crippen LogP contribution in [0.1, 0.15) is 16.1 Å². The van der Waals surface area contributed by atoms with E-state index in [4.69, 9.17) is 27.9 Å². The lowest BCUT2D eigenvalue weighted by Gasteiger charge is -2.16. The average molecular weight is 447 g/mol. The monoisotopic (exact) mass is 446 g/mol. The van der Waals surface area contributed by atoms with Gasteiger partial charge in [-0.2, -0.15) is 5.10 Å². The van der Waals surface area contributed by atoms with Crippen molar-refractivity contribution in [1.29, 1.82) is 0 Å². The van der Waals surface area contributed by atoms with Gasteiger partial charge in [0.2, 0.25) is 5.91 Å². The van der Waals surface area contributed by atoms with Crippen molar-refractivity contribution in [2.45, 2.75) is 6.92 Å². The van der Waals surface area contributed by atoms with Crippen LogP contribution < -0.4 is 10.1 Å². The van der Waals surface area contributed by atoms with Crippen LogP contribution in [0.2, 0.25) is 10.0 Å². The quantitative estimate of drug-likeness (QED) is 0.615. The summed E-state index contributed by atoms with van der Waals surface area (Å²) in [5.41, 5.74) is 2.25. The molecule has 2 aromatic carbocycles. The third-order valence-electron chi connectivity index (χ3n) is 4.34. The zero-order chi connectivity index (χ0) is 21.8. The molecule has 0 radical (unpaired) electrons. The Morgan fingerprint density at radius 3 is 2.53 bits per heavy atom. The lowest BCUT2D eigenvalue weighted by Crippen LogP contribution is -2.35. The fraction of sp³-hybridized carbons (Fsp3) is 0.190. The Morgan fingerprint density at radius 1 is 1.17 bits per heavy atom. The van der Waals surface area contributed by atoms with Crippen LogP contribution in [0.25, 0.3) is 5.69 Å². The normalized spacial score (nSPS) is 10.6. The maximum atomic E-state index is 12.7. The van der Waals surface area contributed by atoms with E-state index >= 15 is 0 Å². The van der Waals surface area contributed by atoms with Crippen molar-refractivity contribution in [3.8, 4) is 11.4 Å². The SMILES string of the molecule is COc1ccc(C)cc1-n1ccc(C(=O)N(C)CC(=O)Nc2c(Cl)cccc2Cl)n1. The Labute approximate surface area is 184 Å². The van der Waals surface area contributed by atoms with Gasteiger partial charge >= 0.3 is 0 Å². The molecule has 3 aromatic rings. The molecule has 0 aliphatic heterocycles. The zero-order valence-corrected chi connectivity index (χ0v) is 18.2. The number of halogens is 2. The lowest BCUT2D eigenvalue weighted by atomic mass is 10.2. The van der Waals surface area contributed by atoms with Gasteiger partial charge in [0.1, 0.15) is 11.4 Å². The smallest absolute Gasteiger partial charge is 0.274 e. The third-order valence-corrected chi connectivity index (χ3v) is 4.97. The second-order valence-corrected chi connectivity index (χ2v) is 7.44. The minimum atomic E-state index is -0.430. The molecule has 0 fully saturated rings. The fourth-order valence-electron chi connectivity index (χ4n) is 2.83. The highest BCUT2D eigenvalue weighted by molar-refractivity contribution is 6.39. The number of likely N-dealkylation sites (N-methyl/N-ethyl adjacent to an activating group) is 1. The number of nitrogens with one attached hydrogen (secondary N) is 1. The van der Waals surface area contributed by atoms with E-state index in [0.29, 0.717) is 27.2 Å². The molecule has 1 N–H and O–H groups in total. The summed E-state index contributed by atoms with van der Waals surface area (Å²) in [5.74, 6) is -0.200. The standard InChI is InChI=1S/C21H20Cl2N4O3/c1-13-7-8-18(30-3)17(11-13)27-10-9-16(25-27)21(29)26(2)12-19(28)24-20-14(22)5-4-6-15(20)23/h4-11H,12H2,1-3H3,(H,24,28). The Morgan fingerprint density at radius 2 is 1.87 bits per heavy atom. The topological polar surface area (TPSA) is 76.5 Å². The Hall–Kier alpha value is -3.03. The van der Waals surface area contributed by atoms with Crippen LogP contribution in [0.5, 0.6) is 5.75 Å². The number of ether oxygens (including phenoxy) is 1. The number of anilines is 1. The number of para-hydroxylation sites is 1. The molecule has 156 valence electrons. The maximum Gasteiger partial charge on any atom is 0.274 e. The number of carbonyl (C=O) groups excluding carboxylic acids is 2. The molecule has 0 spiro atoms. The van der Waals surface area contributed by atoms with Crippen LogP contribution in [0.15, 0.2) is 48.7 Å². The number of carbonyl (C=O) groups is 2. The van der Waals surface area contributed by atoms with Crippen LogP contribution in [0, 0.1) is 6.92 Å². The van der Waals surface area contributed by atoms with Gasteiger partial charge in [0.15, 0.2) is 5.69 Å². The summed E-state index contributed by atoms with van der Waals surface area (Å²) >= 11 is 12.1. The molecule has 7 nitrogen and oxygen atoms in total. The summed E-state index contributed by atoms with van der Waals surface area (Å²) in [6, 6.07) is 12.2. The molecule has 30 heavy (non-hydrogen) atoms. The number of aromatic nitrogens is 2. The third kappa shape index (κ3) is 4.75. The first-order chi connectivity index (χ1) is 14.3. The van der Waals surface area contributed by atoms with Gasteiger partial charge in [-0.25, -0.2) is 4.68 Å². The summed E-state index contributed by atoms with van der Waals surface area (Å²) in [7, 11) is 3.09. The molecule has 0 aliphatic rings. The molecule has 1 aromatic heterocycles. The first-order valence-electron chi connectivity index (χ1n) is 9.00. The largest absolute Gasteiger partial charge is 0.494 e. The van der Waals surface area contributed by atoms with Crippen molar-refractivity contribution in [2.24, 2.45) is 0 Å². The van der Waals surface area contributed by atoms with Gasteiger partial charge in [0.25, 0.3) is 5.91 Å². The molecule has 2 amide bonds. The van der Waals surface area contributed by atoms with Crippen molar-refractivity contribution >= 4 is 40.7 Å². The summed E-state index contributed by atoms with van der Waals surface area (Å²) in [5, 5.41) is 7.60. The summed E-state index contributed by atoms with van der Waals surface area (Å²) in [6.45, 7) is 1.76. The molecule has 0 atom stereocenters. The predicted octanol–water partition coefficient (Wildman–Crippen LogP) is 4.21. The number of amides is 2. The highest BCUT2D eigenvalue weighted by Gasteiger charge is 2.19. The highest BCUT2D eigenvalue weighted by Crippen LogP contribution is 2.29. The van der Waals surface area contributed by atoms with Crippen molar-refractivity contribution in [1.82, 2.24) is 14.7 Å². The molecule has 0 bridgehead atoms. The molecule has 3 rings (SSSR count). The molecule has 1 heterocycles. The Bertz CT molecular complexity index is 1080. The molecule has 0 unspecified atom stereocenters. The first kappa shape index (κ1) is 21.7. The molecular formula is C21H20Cl2N4O3. The summed E-state index contributed by atoms with van der Waals surface area (Å²) < 4.78 is 6.94. The molecule has 9 heteroatoms. The second-order valence-electron chi connectivity index (χ2n) is 6.63. The van der Waals surface area contributed by atoms with Crippen LogP contribution in [-0.2, 0) is 4.79 Å². The van der Waals surface area contributed by atoms with E-state index in [0.717, 1.165) is 5.56 Å². The van der Waals surface area contributed by atoms with Gasteiger partial charge < -0.3 is 15.0 Å². The van der Waals surface area contributed by atoms with E-state index in [9.17, 15) is 9.59 Å². The first-order valence-corrected chi connectivity index (χ1v) is 9.75. The van der Waals surface area contributed by atoms with Gasteiger partial charge in [-0.1, -0.05) is 35.3 Å². The van der Waals surface area contributed by atoms with Crippen LogP contribution >= 0.6 is 23.2 Å². The molecule has 0 saturated heterocycles. The summed E-state index contributed by atoms with van der Waals surface area (Å²) in [4.78, 5) is 26.3. The minimum absolute atomic E-state index is 0.193. The molecule has 0 saturated carbocycles. The summed E-state index contributed by atoms with van der Waals surface area (Å²) in [6.07, 6.45) is 1.67. The maximum absolute atomic E-state index is 12.7.